The maximum absolute atomic E-state index is 10.2. The molecule has 1 amide bonds. The van der Waals surface area contributed by atoms with Crippen molar-refractivity contribution in [3.05, 3.63) is 0 Å². The Bertz CT molecular complexity index is 69.5. The zero-order chi connectivity index (χ0) is 7.11. The molecule has 0 aliphatic rings. The van der Waals surface area contributed by atoms with E-state index in [1.54, 1.807) is 4.90 Å². The molecule has 0 rings (SSSR count). The topological polar surface area (TPSA) is 46.3 Å². The van der Waals surface area contributed by atoms with Crippen molar-refractivity contribution in [3.63, 3.8) is 0 Å². The zero-order valence-electron chi connectivity index (χ0n) is 5.84. The van der Waals surface area contributed by atoms with E-state index in [0.717, 1.165) is 19.4 Å². The summed E-state index contributed by atoms with van der Waals surface area (Å²) in [7, 11) is 0. The molecule has 0 aliphatic carbocycles. The average molecular weight is 130 g/mol. The Kier molecular flexibility index (Phi) is 5.21. The molecule has 54 valence electrons. The average Bonchev–Trinajstić information content (AvgIpc) is 1.88. The van der Waals surface area contributed by atoms with Gasteiger partial charge in [0.2, 0.25) is 6.41 Å². The van der Waals surface area contributed by atoms with Gasteiger partial charge in [0, 0.05) is 19.6 Å². The number of hydrogen-bond donors (Lipinski definition) is 1. The summed E-state index contributed by atoms with van der Waals surface area (Å²) in [6.45, 7) is 4.09. The van der Waals surface area contributed by atoms with Crippen molar-refractivity contribution in [1.82, 2.24) is 4.90 Å². The fourth-order valence-corrected chi connectivity index (χ4v) is 0.670. The van der Waals surface area contributed by atoms with E-state index < -0.39 is 0 Å². The lowest BCUT2D eigenvalue weighted by atomic mass is 10.4. The summed E-state index contributed by atoms with van der Waals surface area (Å²) < 4.78 is 0. The summed E-state index contributed by atoms with van der Waals surface area (Å²) in [4.78, 5) is 11.8. The SMILES string of the molecule is CCCN(C=O)CCN. The third kappa shape index (κ3) is 3.97. The third-order valence-electron chi connectivity index (χ3n) is 1.08. The quantitative estimate of drug-likeness (QED) is 0.524. The van der Waals surface area contributed by atoms with Crippen LogP contribution in [0.25, 0.3) is 0 Å². The van der Waals surface area contributed by atoms with Crippen molar-refractivity contribution in [3.8, 4) is 0 Å². The molecule has 0 unspecified atom stereocenters. The van der Waals surface area contributed by atoms with E-state index in [1.165, 1.54) is 0 Å². The highest BCUT2D eigenvalue weighted by molar-refractivity contribution is 5.46. The Labute approximate surface area is 55.8 Å². The smallest absolute Gasteiger partial charge is 0.209 e. The van der Waals surface area contributed by atoms with Crippen LogP contribution >= 0.6 is 0 Å². The molecule has 0 aromatic rings. The van der Waals surface area contributed by atoms with Gasteiger partial charge in [-0.1, -0.05) is 6.92 Å². The van der Waals surface area contributed by atoms with E-state index >= 15 is 0 Å². The second kappa shape index (κ2) is 5.56. The van der Waals surface area contributed by atoms with E-state index in [2.05, 4.69) is 0 Å². The number of nitrogens with two attached hydrogens (primary N) is 1. The molecule has 0 fully saturated rings. The molecule has 2 N–H and O–H groups in total. The van der Waals surface area contributed by atoms with Gasteiger partial charge in [0.15, 0.2) is 0 Å². The minimum atomic E-state index is 0.554. The van der Waals surface area contributed by atoms with Crippen LogP contribution in [-0.2, 0) is 4.79 Å². The van der Waals surface area contributed by atoms with Crippen molar-refractivity contribution in [2.24, 2.45) is 5.73 Å². The molecular formula is C6H14N2O. The van der Waals surface area contributed by atoms with E-state index in [1.807, 2.05) is 6.92 Å². The van der Waals surface area contributed by atoms with Crippen LogP contribution in [-0.4, -0.2) is 30.9 Å². The Balaban J connectivity index is 3.29. The second-order valence-corrected chi connectivity index (χ2v) is 1.93. The van der Waals surface area contributed by atoms with E-state index in [4.69, 9.17) is 5.73 Å². The van der Waals surface area contributed by atoms with Crippen molar-refractivity contribution in [2.75, 3.05) is 19.6 Å². The monoisotopic (exact) mass is 130 g/mol. The summed E-state index contributed by atoms with van der Waals surface area (Å²) in [5.74, 6) is 0. The van der Waals surface area contributed by atoms with Gasteiger partial charge in [0.25, 0.3) is 0 Å². The van der Waals surface area contributed by atoms with E-state index in [-0.39, 0.29) is 0 Å². The van der Waals surface area contributed by atoms with Crippen LogP contribution in [0.4, 0.5) is 0 Å². The Hall–Kier alpha value is -0.570. The number of rotatable bonds is 5. The summed E-state index contributed by atoms with van der Waals surface area (Å²) in [6, 6.07) is 0. The first kappa shape index (κ1) is 8.43. The normalized spacial score (nSPS) is 9.11. The van der Waals surface area contributed by atoms with Crippen molar-refractivity contribution in [2.45, 2.75) is 13.3 Å². The lowest BCUT2D eigenvalue weighted by Crippen LogP contribution is -2.28. The largest absolute Gasteiger partial charge is 0.344 e. The lowest BCUT2D eigenvalue weighted by Gasteiger charge is -2.13. The molecule has 0 heterocycles. The number of carbonyl (C=O) groups is 1. The molecule has 0 aromatic heterocycles. The van der Waals surface area contributed by atoms with Gasteiger partial charge >= 0.3 is 0 Å². The highest BCUT2D eigenvalue weighted by Gasteiger charge is 1.94. The predicted octanol–water partition coefficient (Wildman–Crippen LogP) is -0.186. The summed E-state index contributed by atoms with van der Waals surface area (Å²) >= 11 is 0. The molecule has 0 aromatic carbocycles. The minimum absolute atomic E-state index is 0.554. The fourth-order valence-electron chi connectivity index (χ4n) is 0.670. The molecule has 0 atom stereocenters. The molecule has 0 aliphatic heterocycles. The highest BCUT2D eigenvalue weighted by Crippen LogP contribution is 1.83. The Morgan fingerprint density at radius 2 is 2.22 bits per heavy atom. The molecule has 3 nitrogen and oxygen atoms in total. The predicted molar refractivity (Wildman–Crippen MR) is 37.0 cm³/mol. The maximum atomic E-state index is 10.2. The first-order valence-corrected chi connectivity index (χ1v) is 3.24. The molecule has 0 saturated carbocycles. The van der Waals surface area contributed by atoms with Gasteiger partial charge in [-0.05, 0) is 6.42 Å². The van der Waals surface area contributed by atoms with Gasteiger partial charge < -0.3 is 10.6 Å². The van der Waals surface area contributed by atoms with Crippen LogP contribution in [0.15, 0.2) is 0 Å². The summed E-state index contributed by atoms with van der Waals surface area (Å²) in [5, 5.41) is 0. The molecule has 3 heteroatoms. The van der Waals surface area contributed by atoms with Gasteiger partial charge in [0.1, 0.15) is 0 Å². The molecular weight excluding hydrogens is 116 g/mol. The Morgan fingerprint density at radius 3 is 2.56 bits per heavy atom. The fraction of sp³-hybridized carbons (Fsp3) is 0.833. The molecule has 0 saturated heterocycles. The molecule has 0 bridgehead atoms. The van der Waals surface area contributed by atoms with Gasteiger partial charge in [0.05, 0.1) is 0 Å². The van der Waals surface area contributed by atoms with Crippen LogP contribution in [0.5, 0.6) is 0 Å². The van der Waals surface area contributed by atoms with Gasteiger partial charge in [-0.3, -0.25) is 4.79 Å². The first-order chi connectivity index (χ1) is 4.35. The highest BCUT2D eigenvalue weighted by atomic mass is 16.1. The molecule has 0 spiro atoms. The maximum Gasteiger partial charge on any atom is 0.209 e. The number of hydrogen-bond acceptors (Lipinski definition) is 2. The number of carbonyl (C=O) groups excluding carboxylic acids is 1. The van der Waals surface area contributed by atoms with Crippen LogP contribution in [0, 0.1) is 0 Å². The van der Waals surface area contributed by atoms with Gasteiger partial charge in [-0.15, -0.1) is 0 Å². The lowest BCUT2D eigenvalue weighted by molar-refractivity contribution is -0.118. The van der Waals surface area contributed by atoms with Crippen LogP contribution in [0.3, 0.4) is 0 Å². The van der Waals surface area contributed by atoms with Crippen molar-refractivity contribution in [1.29, 1.82) is 0 Å². The van der Waals surface area contributed by atoms with Crippen LogP contribution < -0.4 is 5.73 Å². The number of amides is 1. The first-order valence-electron chi connectivity index (χ1n) is 3.24. The van der Waals surface area contributed by atoms with Crippen molar-refractivity contribution < 1.29 is 4.79 Å². The Morgan fingerprint density at radius 1 is 1.56 bits per heavy atom. The standard InChI is InChI=1S/C6H14N2O/c1-2-4-8(6-9)5-3-7/h6H,2-5,7H2,1H3. The van der Waals surface area contributed by atoms with Crippen LogP contribution in [0.2, 0.25) is 0 Å². The molecule has 9 heavy (non-hydrogen) atoms. The van der Waals surface area contributed by atoms with E-state index in [0.29, 0.717) is 13.1 Å². The molecule has 0 radical (unpaired) electrons. The third-order valence-corrected chi connectivity index (χ3v) is 1.08. The van der Waals surface area contributed by atoms with Crippen molar-refractivity contribution >= 4 is 6.41 Å². The second-order valence-electron chi connectivity index (χ2n) is 1.93. The summed E-state index contributed by atoms with van der Waals surface area (Å²) in [6.07, 6.45) is 1.84. The summed E-state index contributed by atoms with van der Waals surface area (Å²) in [5.41, 5.74) is 5.23. The number of nitrogens with zero attached hydrogens (tertiary/aromatic N) is 1. The van der Waals surface area contributed by atoms with Gasteiger partial charge in [-0.25, -0.2) is 0 Å². The zero-order valence-corrected chi connectivity index (χ0v) is 5.84. The van der Waals surface area contributed by atoms with Gasteiger partial charge in [-0.2, -0.15) is 0 Å². The minimum Gasteiger partial charge on any atom is -0.344 e. The van der Waals surface area contributed by atoms with E-state index in [9.17, 15) is 4.79 Å². The van der Waals surface area contributed by atoms with Crippen LogP contribution in [0.1, 0.15) is 13.3 Å².